The van der Waals surface area contributed by atoms with Gasteiger partial charge >= 0.3 is 5.76 Å². The Morgan fingerprint density at radius 2 is 2.17 bits per heavy atom. The normalized spacial score (nSPS) is 17.4. The molecule has 4 nitrogen and oxygen atoms in total. The minimum Gasteiger partial charge on any atom is -0.408 e. The van der Waals surface area contributed by atoms with Crippen molar-refractivity contribution in [1.82, 2.24) is 9.88 Å². The summed E-state index contributed by atoms with van der Waals surface area (Å²) in [6, 6.07) is 6.07. The van der Waals surface area contributed by atoms with Crippen LogP contribution in [0.15, 0.2) is 27.4 Å². The summed E-state index contributed by atoms with van der Waals surface area (Å²) < 4.78 is 6.71. The van der Waals surface area contributed by atoms with Crippen LogP contribution >= 0.6 is 0 Å². The van der Waals surface area contributed by atoms with E-state index >= 15 is 0 Å². The maximum Gasteiger partial charge on any atom is 0.419 e. The zero-order chi connectivity index (χ0) is 12.5. The van der Waals surface area contributed by atoms with Crippen molar-refractivity contribution in [3.05, 3.63) is 34.3 Å². The molecule has 4 heteroatoms. The van der Waals surface area contributed by atoms with Gasteiger partial charge in [-0.15, -0.1) is 0 Å². The number of nitrogens with one attached hydrogen (secondary N) is 1. The van der Waals surface area contributed by atoms with Gasteiger partial charge in [0, 0.05) is 7.05 Å². The topological polar surface area (TPSA) is 47.2 Å². The Bertz CT molecular complexity index is 606. The molecule has 0 atom stereocenters. The maximum atomic E-state index is 11.4. The molecule has 0 unspecified atom stereocenters. The van der Waals surface area contributed by atoms with E-state index < -0.39 is 0 Å². The van der Waals surface area contributed by atoms with Crippen LogP contribution in [0.3, 0.4) is 0 Å². The van der Waals surface area contributed by atoms with Crippen molar-refractivity contribution >= 4 is 11.1 Å². The van der Waals surface area contributed by atoms with Crippen molar-refractivity contribution in [1.29, 1.82) is 0 Å². The lowest BCUT2D eigenvalue weighted by molar-refractivity contribution is 0.373. The van der Waals surface area contributed by atoms with E-state index in [9.17, 15) is 4.79 Å². The molecule has 0 amide bonds. The van der Waals surface area contributed by atoms with Gasteiger partial charge in [0.1, 0.15) is 0 Å². The highest BCUT2D eigenvalue weighted by Crippen LogP contribution is 2.21. The molecular weight excluding hydrogens is 228 g/mol. The molecule has 0 bridgehead atoms. The van der Waals surface area contributed by atoms with E-state index in [0.29, 0.717) is 5.58 Å². The average Bonchev–Trinajstić information content (AvgIpc) is 2.67. The van der Waals surface area contributed by atoms with Crippen LogP contribution in [-0.4, -0.2) is 17.7 Å². The van der Waals surface area contributed by atoms with Crippen LogP contribution in [0, 0.1) is 5.92 Å². The van der Waals surface area contributed by atoms with Crippen LogP contribution in [-0.2, 0) is 13.5 Å². The standard InChI is InChI=1S/C14H18N2O2/c1-16-12-9-11(2-3-13(12)18-14(16)17)8-10-4-6-15-7-5-10/h2-3,9-10,15H,4-8H2,1H3. The number of hydrogen-bond acceptors (Lipinski definition) is 3. The molecule has 1 aromatic carbocycles. The molecule has 0 spiro atoms. The van der Waals surface area contributed by atoms with Crippen molar-refractivity contribution in [3.63, 3.8) is 0 Å². The Hall–Kier alpha value is -1.55. The van der Waals surface area contributed by atoms with Gasteiger partial charge in [-0.2, -0.15) is 0 Å². The second kappa shape index (κ2) is 4.61. The first-order valence-electron chi connectivity index (χ1n) is 6.53. The molecule has 0 aliphatic carbocycles. The predicted molar refractivity (Wildman–Crippen MR) is 70.8 cm³/mol. The van der Waals surface area contributed by atoms with Gasteiger partial charge in [-0.05, 0) is 56.0 Å². The fourth-order valence-corrected chi connectivity index (χ4v) is 2.72. The van der Waals surface area contributed by atoms with Gasteiger partial charge in [0.15, 0.2) is 5.58 Å². The first-order chi connectivity index (χ1) is 8.74. The molecule has 1 aromatic heterocycles. The van der Waals surface area contributed by atoms with Gasteiger partial charge in [-0.25, -0.2) is 4.79 Å². The Labute approximate surface area is 106 Å². The molecule has 0 saturated carbocycles. The number of oxazole rings is 1. The number of piperidine rings is 1. The number of nitrogens with zero attached hydrogens (tertiary/aromatic N) is 1. The second-order valence-electron chi connectivity index (χ2n) is 5.13. The van der Waals surface area contributed by atoms with E-state index in [0.717, 1.165) is 30.9 Å². The Morgan fingerprint density at radius 3 is 2.94 bits per heavy atom. The monoisotopic (exact) mass is 246 g/mol. The van der Waals surface area contributed by atoms with Crippen LogP contribution in [0.2, 0.25) is 0 Å². The number of fused-ring (bicyclic) bond motifs is 1. The van der Waals surface area contributed by atoms with Crippen LogP contribution in [0.5, 0.6) is 0 Å². The van der Waals surface area contributed by atoms with Crippen molar-refractivity contribution < 1.29 is 4.42 Å². The van der Waals surface area contributed by atoms with Crippen molar-refractivity contribution in [3.8, 4) is 0 Å². The highest BCUT2D eigenvalue weighted by molar-refractivity contribution is 5.73. The van der Waals surface area contributed by atoms with E-state index in [1.165, 1.54) is 18.4 Å². The molecule has 2 aromatic rings. The summed E-state index contributed by atoms with van der Waals surface area (Å²) in [5.41, 5.74) is 2.87. The number of aromatic nitrogens is 1. The van der Waals surface area contributed by atoms with Crippen molar-refractivity contribution in [2.24, 2.45) is 13.0 Å². The third kappa shape index (κ3) is 2.08. The zero-order valence-electron chi connectivity index (χ0n) is 10.6. The first-order valence-corrected chi connectivity index (χ1v) is 6.53. The summed E-state index contributed by atoms with van der Waals surface area (Å²) in [5, 5.41) is 3.38. The summed E-state index contributed by atoms with van der Waals surface area (Å²) in [7, 11) is 1.75. The maximum absolute atomic E-state index is 11.4. The van der Waals surface area contributed by atoms with Crippen molar-refractivity contribution in [2.75, 3.05) is 13.1 Å². The summed E-state index contributed by atoms with van der Waals surface area (Å²) >= 11 is 0. The van der Waals surface area contributed by atoms with Gasteiger partial charge < -0.3 is 9.73 Å². The van der Waals surface area contributed by atoms with Gasteiger partial charge in [0.2, 0.25) is 0 Å². The zero-order valence-corrected chi connectivity index (χ0v) is 10.6. The molecule has 1 N–H and O–H groups in total. The molecular formula is C14H18N2O2. The first kappa shape index (κ1) is 11.5. The molecule has 3 rings (SSSR count). The van der Waals surface area contributed by atoms with E-state index in [4.69, 9.17) is 4.42 Å². The number of aryl methyl sites for hydroxylation is 1. The quantitative estimate of drug-likeness (QED) is 0.877. The SMILES string of the molecule is Cn1c(=O)oc2ccc(CC3CCNCC3)cc21. The third-order valence-electron chi connectivity index (χ3n) is 3.84. The molecule has 96 valence electrons. The fraction of sp³-hybridized carbons (Fsp3) is 0.500. The third-order valence-corrected chi connectivity index (χ3v) is 3.84. The van der Waals surface area contributed by atoms with E-state index in [-0.39, 0.29) is 5.76 Å². The Balaban J connectivity index is 1.88. The number of hydrogen-bond donors (Lipinski definition) is 1. The van der Waals surface area contributed by atoms with Crippen LogP contribution in [0.25, 0.3) is 11.1 Å². The summed E-state index contributed by atoms with van der Waals surface area (Å²) in [4.78, 5) is 11.4. The largest absolute Gasteiger partial charge is 0.419 e. The molecule has 1 aliphatic rings. The van der Waals surface area contributed by atoms with Gasteiger partial charge in [0.25, 0.3) is 0 Å². The molecule has 18 heavy (non-hydrogen) atoms. The molecule has 1 saturated heterocycles. The minimum absolute atomic E-state index is 0.288. The van der Waals surface area contributed by atoms with Gasteiger partial charge in [-0.3, -0.25) is 4.57 Å². The lowest BCUT2D eigenvalue weighted by atomic mass is 9.91. The summed E-state index contributed by atoms with van der Waals surface area (Å²) in [6.07, 6.45) is 3.57. The smallest absolute Gasteiger partial charge is 0.408 e. The molecule has 0 radical (unpaired) electrons. The van der Waals surface area contributed by atoms with E-state index in [1.54, 1.807) is 11.6 Å². The summed E-state index contributed by atoms with van der Waals surface area (Å²) in [6.45, 7) is 2.24. The molecule has 1 fully saturated rings. The predicted octanol–water partition coefficient (Wildman–Crippen LogP) is 1.67. The van der Waals surface area contributed by atoms with E-state index in [1.807, 2.05) is 6.07 Å². The van der Waals surface area contributed by atoms with E-state index in [2.05, 4.69) is 17.4 Å². The molecule has 2 heterocycles. The average molecular weight is 246 g/mol. The van der Waals surface area contributed by atoms with Crippen molar-refractivity contribution in [2.45, 2.75) is 19.3 Å². The van der Waals surface area contributed by atoms with Gasteiger partial charge in [-0.1, -0.05) is 6.07 Å². The molecule has 1 aliphatic heterocycles. The fourth-order valence-electron chi connectivity index (χ4n) is 2.72. The lowest BCUT2D eigenvalue weighted by Gasteiger charge is -2.22. The minimum atomic E-state index is -0.288. The number of benzene rings is 1. The van der Waals surface area contributed by atoms with Crippen LogP contribution in [0.1, 0.15) is 18.4 Å². The Morgan fingerprint density at radius 1 is 1.39 bits per heavy atom. The highest BCUT2D eigenvalue weighted by atomic mass is 16.4. The van der Waals surface area contributed by atoms with Crippen LogP contribution < -0.4 is 11.1 Å². The highest BCUT2D eigenvalue weighted by Gasteiger charge is 2.14. The van der Waals surface area contributed by atoms with Gasteiger partial charge in [0.05, 0.1) is 5.52 Å². The summed E-state index contributed by atoms with van der Waals surface area (Å²) in [5.74, 6) is 0.469. The Kier molecular flexibility index (Phi) is 2.96. The number of rotatable bonds is 2. The second-order valence-corrected chi connectivity index (χ2v) is 5.13. The lowest BCUT2D eigenvalue weighted by Crippen LogP contribution is -2.28. The van der Waals surface area contributed by atoms with Crippen LogP contribution in [0.4, 0.5) is 0 Å².